The summed E-state index contributed by atoms with van der Waals surface area (Å²) in [6.45, 7) is 0. The van der Waals surface area contributed by atoms with Gasteiger partial charge in [0.15, 0.2) is 0 Å². The van der Waals surface area contributed by atoms with Crippen LogP contribution in [0.4, 0.5) is 8.78 Å². The van der Waals surface area contributed by atoms with E-state index in [1.165, 1.54) is 72.8 Å². The van der Waals surface area contributed by atoms with E-state index in [-0.39, 0.29) is 34.6 Å². The first-order chi connectivity index (χ1) is 11.4. The number of benzene rings is 3. The number of hydrogen-bond acceptors (Lipinski definition) is 4. The minimum Gasteiger partial charge on any atom is -0.508 e. The summed E-state index contributed by atoms with van der Waals surface area (Å²) in [5.41, 5.74) is 0. The average molecular weight is 334 g/mol. The SMILES string of the molecule is Oc1ccc(F)cc1.Oc1ccc(F)cc1.Oc1ccc(O)cc1. The monoisotopic (exact) mass is 334 g/mol. The van der Waals surface area contributed by atoms with Gasteiger partial charge in [-0.05, 0) is 72.8 Å². The average Bonchev–Trinajstić information content (AvgIpc) is 2.57. The van der Waals surface area contributed by atoms with Crippen molar-refractivity contribution in [2.45, 2.75) is 0 Å². The molecule has 0 aliphatic rings. The fraction of sp³-hybridized carbons (Fsp3) is 0. The zero-order chi connectivity index (χ0) is 17.9. The van der Waals surface area contributed by atoms with E-state index in [1.807, 2.05) is 0 Å². The number of rotatable bonds is 0. The second-order valence-corrected chi connectivity index (χ2v) is 4.47. The van der Waals surface area contributed by atoms with Crippen molar-refractivity contribution >= 4 is 0 Å². The van der Waals surface area contributed by atoms with Gasteiger partial charge in [0.2, 0.25) is 0 Å². The molecule has 0 aliphatic carbocycles. The minimum absolute atomic E-state index is 0.0893. The zero-order valence-electron chi connectivity index (χ0n) is 12.5. The van der Waals surface area contributed by atoms with Crippen molar-refractivity contribution in [1.29, 1.82) is 0 Å². The molecule has 6 heteroatoms. The largest absolute Gasteiger partial charge is 0.508 e. The maximum atomic E-state index is 12.0. The van der Waals surface area contributed by atoms with Gasteiger partial charge < -0.3 is 20.4 Å². The molecule has 126 valence electrons. The Kier molecular flexibility index (Phi) is 7.57. The quantitative estimate of drug-likeness (QED) is 0.465. The third-order valence-corrected chi connectivity index (χ3v) is 2.50. The lowest BCUT2D eigenvalue weighted by atomic mass is 10.3. The first-order valence-electron chi connectivity index (χ1n) is 6.74. The number of halogens is 2. The van der Waals surface area contributed by atoms with Crippen molar-refractivity contribution in [2.75, 3.05) is 0 Å². The van der Waals surface area contributed by atoms with Gasteiger partial charge in [-0.3, -0.25) is 0 Å². The van der Waals surface area contributed by atoms with Gasteiger partial charge in [-0.15, -0.1) is 0 Å². The van der Waals surface area contributed by atoms with Crippen LogP contribution in [0.5, 0.6) is 23.0 Å². The first-order valence-corrected chi connectivity index (χ1v) is 6.74. The van der Waals surface area contributed by atoms with Crippen molar-refractivity contribution in [2.24, 2.45) is 0 Å². The normalized spacial score (nSPS) is 9.08. The highest BCUT2D eigenvalue weighted by Gasteiger charge is 1.86. The maximum Gasteiger partial charge on any atom is 0.123 e. The molecule has 4 N–H and O–H groups in total. The third-order valence-electron chi connectivity index (χ3n) is 2.50. The van der Waals surface area contributed by atoms with E-state index in [4.69, 9.17) is 20.4 Å². The lowest BCUT2D eigenvalue weighted by Crippen LogP contribution is -1.67. The summed E-state index contributed by atoms with van der Waals surface area (Å²) >= 11 is 0. The lowest BCUT2D eigenvalue weighted by molar-refractivity contribution is 0.460. The van der Waals surface area contributed by atoms with Gasteiger partial charge in [0, 0.05) is 0 Å². The van der Waals surface area contributed by atoms with Crippen molar-refractivity contribution in [1.82, 2.24) is 0 Å². The van der Waals surface area contributed by atoms with Crippen LogP contribution in [0.15, 0.2) is 72.8 Å². The smallest absolute Gasteiger partial charge is 0.123 e. The second-order valence-electron chi connectivity index (χ2n) is 4.47. The summed E-state index contributed by atoms with van der Waals surface area (Å²) < 4.78 is 24.0. The molecule has 3 aromatic carbocycles. The summed E-state index contributed by atoms with van der Waals surface area (Å²) in [7, 11) is 0. The summed E-state index contributed by atoms with van der Waals surface area (Å²) in [4.78, 5) is 0. The van der Waals surface area contributed by atoms with Crippen LogP contribution in [0.2, 0.25) is 0 Å². The molecule has 0 amide bonds. The van der Waals surface area contributed by atoms with Gasteiger partial charge in [-0.25, -0.2) is 8.78 Å². The molecule has 0 saturated heterocycles. The molecule has 0 spiro atoms. The highest BCUT2D eigenvalue weighted by Crippen LogP contribution is 2.13. The van der Waals surface area contributed by atoms with Crippen LogP contribution in [0.1, 0.15) is 0 Å². The molecule has 4 nitrogen and oxygen atoms in total. The maximum absolute atomic E-state index is 12.0. The van der Waals surface area contributed by atoms with Gasteiger partial charge in [-0.1, -0.05) is 0 Å². The Morgan fingerprint density at radius 1 is 0.375 bits per heavy atom. The summed E-state index contributed by atoms with van der Waals surface area (Å²) in [5, 5.41) is 34.5. The Balaban J connectivity index is 0.000000180. The predicted octanol–water partition coefficient (Wildman–Crippen LogP) is 4.16. The van der Waals surface area contributed by atoms with E-state index >= 15 is 0 Å². The molecule has 0 bridgehead atoms. The number of hydrogen-bond donors (Lipinski definition) is 4. The molecule has 0 saturated carbocycles. The van der Waals surface area contributed by atoms with E-state index in [0.717, 1.165) is 0 Å². The Bertz CT molecular complexity index is 545. The molecule has 3 aromatic rings. The predicted molar refractivity (Wildman–Crippen MR) is 85.9 cm³/mol. The Morgan fingerprint density at radius 3 is 0.708 bits per heavy atom. The molecule has 0 atom stereocenters. The Hall–Kier alpha value is -3.28. The standard InChI is InChI=1S/2C6H5FO.C6H6O2/c2*7-5-1-3-6(8)4-2-5;7-5-1-2-6(8)4-3-5/h2*1-4,8H;1-4,7-8H. The molecule has 0 radical (unpaired) electrons. The van der Waals surface area contributed by atoms with E-state index in [0.29, 0.717) is 0 Å². The van der Waals surface area contributed by atoms with Crippen molar-refractivity contribution in [3.63, 3.8) is 0 Å². The molecule has 24 heavy (non-hydrogen) atoms. The van der Waals surface area contributed by atoms with E-state index in [9.17, 15) is 8.78 Å². The highest BCUT2D eigenvalue weighted by molar-refractivity contribution is 5.28. The number of aromatic hydroxyl groups is 4. The van der Waals surface area contributed by atoms with Crippen LogP contribution in [0, 0.1) is 11.6 Å². The molecular formula is C18H16F2O4. The van der Waals surface area contributed by atoms with Crippen LogP contribution in [0.3, 0.4) is 0 Å². The topological polar surface area (TPSA) is 80.9 Å². The lowest BCUT2D eigenvalue weighted by Gasteiger charge is -1.88. The van der Waals surface area contributed by atoms with Gasteiger partial charge in [-0.2, -0.15) is 0 Å². The third kappa shape index (κ3) is 8.23. The van der Waals surface area contributed by atoms with Crippen molar-refractivity contribution < 1.29 is 29.2 Å². The summed E-state index contributed by atoms with van der Waals surface area (Å²) in [5.74, 6) is -0.144. The van der Waals surface area contributed by atoms with E-state index in [2.05, 4.69) is 0 Å². The molecule has 3 rings (SSSR count). The molecule has 0 aliphatic heterocycles. The fourth-order valence-corrected chi connectivity index (χ4v) is 1.33. The second kappa shape index (κ2) is 9.68. The first kappa shape index (κ1) is 18.8. The number of phenols is 4. The van der Waals surface area contributed by atoms with E-state index < -0.39 is 0 Å². The van der Waals surface area contributed by atoms with Gasteiger partial charge in [0.1, 0.15) is 34.6 Å². The summed E-state index contributed by atoms with van der Waals surface area (Å²) in [6, 6.07) is 15.7. The zero-order valence-corrected chi connectivity index (χ0v) is 12.5. The van der Waals surface area contributed by atoms with Gasteiger partial charge >= 0.3 is 0 Å². The molecule has 0 heterocycles. The van der Waals surface area contributed by atoms with Crippen LogP contribution in [-0.4, -0.2) is 20.4 Å². The van der Waals surface area contributed by atoms with Crippen molar-refractivity contribution in [3.8, 4) is 23.0 Å². The fourth-order valence-electron chi connectivity index (χ4n) is 1.33. The minimum atomic E-state index is -0.331. The van der Waals surface area contributed by atoms with E-state index in [1.54, 1.807) is 0 Å². The number of phenolic OH excluding ortho intramolecular Hbond substituents is 4. The summed E-state index contributed by atoms with van der Waals surface area (Å²) in [6.07, 6.45) is 0. The van der Waals surface area contributed by atoms with Crippen LogP contribution in [0.25, 0.3) is 0 Å². The van der Waals surface area contributed by atoms with Gasteiger partial charge in [0.05, 0.1) is 0 Å². The molecule has 0 fully saturated rings. The highest BCUT2D eigenvalue weighted by atomic mass is 19.1. The van der Waals surface area contributed by atoms with Gasteiger partial charge in [0.25, 0.3) is 0 Å². The Labute approximate surface area is 137 Å². The molecule has 0 unspecified atom stereocenters. The molecule has 0 aromatic heterocycles. The Morgan fingerprint density at radius 2 is 0.542 bits per heavy atom. The van der Waals surface area contributed by atoms with Crippen LogP contribution in [-0.2, 0) is 0 Å². The molecular weight excluding hydrogens is 318 g/mol. The van der Waals surface area contributed by atoms with Crippen molar-refractivity contribution in [3.05, 3.63) is 84.4 Å². The van der Waals surface area contributed by atoms with Crippen LogP contribution >= 0.6 is 0 Å². The van der Waals surface area contributed by atoms with Crippen LogP contribution < -0.4 is 0 Å².